The molecule has 1 rings (SSSR count). The number of rotatable bonds is 9. The fourth-order valence-corrected chi connectivity index (χ4v) is 2.08. The van der Waals surface area contributed by atoms with E-state index in [1.165, 1.54) is 19.1 Å². The second kappa shape index (κ2) is 9.12. The lowest BCUT2D eigenvalue weighted by Crippen LogP contribution is -2.42. The number of carbonyl (C=O) groups excluding carboxylic acids is 2. The van der Waals surface area contributed by atoms with Crippen LogP contribution < -0.4 is 16.8 Å². The van der Waals surface area contributed by atoms with Gasteiger partial charge in [0, 0.05) is 6.54 Å². The molecule has 23 heavy (non-hydrogen) atoms. The first kappa shape index (κ1) is 18.9. The van der Waals surface area contributed by atoms with Crippen molar-refractivity contribution in [3.8, 4) is 11.5 Å². The summed E-state index contributed by atoms with van der Waals surface area (Å²) in [5.41, 5.74) is 12.1. The molecule has 0 saturated heterocycles. The van der Waals surface area contributed by atoms with Crippen LogP contribution in [-0.4, -0.2) is 40.5 Å². The largest absolute Gasteiger partial charge is 0.504 e. The molecule has 0 spiro atoms. The molecule has 7 nitrogen and oxygen atoms in total. The molecule has 0 aliphatic heterocycles. The maximum atomic E-state index is 11.9. The predicted octanol–water partition coefficient (Wildman–Crippen LogP) is 0.170. The zero-order valence-electron chi connectivity index (χ0n) is 13.3. The van der Waals surface area contributed by atoms with E-state index in [1.54, 1.807) is 6.07 Å². The molecule has 0 saturated carbocycles. The summed E-state index contributed by atoms with van der Waals surface area (Å²) in [6.07, 6.45) is 2.33. The van der Waals surface area contributed by atoms with Crippen molar-refractivity contribution in [2.24, 2.45) is 11.5 Å². The maximum Gasteiger partial charge on any atom is 0.237 e. The highest BCUT2D eigenvalue weighted by Gasteiger charge is 2.14. The third-order valence-electron chi connectivity index (χ3n) is 3.60. The summed E-state index contributed by atoms with van der Waals surface area (Å²) in [5, 5.41) is 21.4. The van der Waals surface area contributed by atoms with Crippen LogP contribution in [0.5, 0.6) is 11.5 Å². The van der Waals surface area contributed by atoms with Gasteiger partial charge in [0.05, 0.1) is 12.1 Å². The summed E-state index contributed by atoms with van der Waals surface area (Å²) in [6, 6.07) is 3.17. The van der Waals surface area contributed by atoms with E-state index >= 15 is 0 Å². The summed E-state index contributed by atoms with van der Waals surface area (Å²) in [5.74, 6) is -0.769. The van der Waals surface area contributed by atoms with E-state index in [-0.39, 0.29) is 29.6 Å². The number of nitrogens with two attached hydrogens (primary N) is 2. The number of phenolic OH excluding ortho intramolecular Hbond substituents is 2. The van der Waals surface area contributed by atoms with E-state index in [1.807, 2.05) is 0 Å². The van der Waals surface area contributed by atoms with Crippen LogP contribution in [0.2, 0.25) is 0 Å². The van der Waals surface area contributed by atoms with E-state index in [9.17, 15) is 19.8 Å². The van der Waals surface area contributed by atoms with Gasteiger partial charge in [0.1, 0.15) is 5.78 Å². The van der Waals surface area contributed by atoms with Gasteiger partial charge in [-0.2, -0.15) is 0 Å². The van der Waals surface area contributed by atoms with Crippen LogP contribution in [0.4, 0.5) is 0 Å². The fourth-order valence-electron chi connectivity index (χ4n) is 2.08. The molecular formula is C16H25N3O4. The third-order valence-corrected chi connectivity index (χ3v) is 3.60. The van der Waals surface area contributed by atoms with Crippen molar-refractivity contribution in [1.29, 1.82) is 0 Å². The van der Waals surface area contributed by atoms with Crippen molar-refractivity contribution >= 4 is 11.7 Å². The molecule has 1 amide bonds. The minimum atomic E-state index is -0.738. The van der Waals surface area contributed by atoms with Gasteiger partial charge in [-0.3, -0.25) is 9.59 Å². The normalized spacial score (nSPS) is 13.3. The maximum absolute atomic E-state index is 11.9. The van der Waals surface area contributed by atoms with Crippen LogP contribution in [0.25, 0.3) is 0 Å². The zero-order chi connectivity index (χ0) is 17.4. The molecule has 7 heteroatoms. The Morgan fingerprint density at radius 3 is 2.43 bits per heavy atom. The molecule has 0 aliphatic carbocycles. The van der Waals surface area contributed by atoms with Gasteiger partial charge in [0.25, 0.3) is 0 Å². The number of aromatic hydroxyl groups is 2. The van der Waals surface area contributed by atoms with Crippen LogP contribution in [0, 0.1) is 0 Å². The standard InChI is InChI=1S/C16H25N3O4/c1-10(20)12(17)4-2-3-7-19-16(23)13(18)8-11-5-6-14(21)15(22)9-11/h5-6,9,12-13,21-22H,2-4,7-8,17-18H2,1H3,(H,19,23)/t12-,13?/m0/s1. The monoisotopic (exact) mass is 323 g/mol. The number of ketones is 1. The molecular weight excluding hydrogens is 298 g/mol. The van der Waals surface area contributed by atoms with Gasteiger partial charge in [-0.1, -0.05) is 6.07 Å². The highest BCUT2D eigenvalue weighted by Crippen LogP contribution is 2.25. The summed E-state index contributed by atoms with van der Waals surface area (Å²) >= 11 is 0. The lowest BCUT2D eigenvalue weighted by atomic mass is 10.0. The molecule has 0 fully saturated rings. The second-order valence-electron chi connectivity index (χ2n) is 5.64. The first-order chi connectivity index (χ1) is 10.8. The summed E-state index contributed by atoms with van der Waals surface area (Å²) < 4.78 is 0. The Hall–Kier alpha value is -2.12. The summed E-state index contributed by atoms with van der Waals surface area (Å²) in [6.45, 7) is 1.94. The molecule has 7 N–H and O–H groups in total. The lowest BCUT2D eigenvalue weighted by molar-refractivity contribution is -0.122. The predicted molar refractivity (Wildman–Crippen MR) is 87.0 cm³/mol. The van der Waals surface area contributed by atoms with Crippen molar-refractivity contribution in [2.45, 2.75) is 44.7 Å². The van der Waals surface area contributed by atoms with Crippen molar-refractivity contribution in [2.75, 3.05) is 6.54 Å². The van der Waals surface area contributed by atoms with Crippen molar-refractivity contribution in [1.82, 2.24) is 5.32 Å². The number of Topliss-reactive ketones (excluding diaryl/α,β-unsaturated/α-hetero) is 1. The Kier molecular flexibility index (Phi) is 7.50. The number of hydrogen-bond donors (Lipinski definition) is 5. The number of unbranched alkanes of at least 4 members (excludes halogenated alkanes) is 1. The molecule has 1 aromatic carbocycles. The molecule has 1 aromatic rings. The van der Waals surface area contributed by atoms with Gasteiger partial charge < -0.3 is 27.0 Å². The molecule has 0 heterocycles. The first-order valence-corrected chi connectivity index (χ1v) is 7.61. The first-order valence-electron chi connectivity index (χ1n) is 7.61. The molecule has 2 atom stereocenters. The minimum Gasteiger partial charge on any atom is -0.504 e. The van der Waals surface area contributed by atoms with Crippen LogP contribution in [0.1, 0.15) is 31.7 Å². The zero-order valence-corrected chi connectivity index (χ0v) is 13.3. The number of nitrogens with one attached hydrogen (secondary N) is 1. The molecule has 0 aliphatic rings. The van der Waals surface area contributed by atoms with Crippen molar-refractivity contribution < 1.29 is 19.8 Å². The van der Waals surface area contributed by atoms with Gasteiger partial charge >= 0.3 is 0 Å². The van der Waals surface area contributed by atoms with Gasteiger partial charge in [-0.15, -0.1) is 0 Å². The number of amides is 1. The highest BCUT2D eigenvalue weighted by molar-refractivity contribution is 5.82. The van der Waals surface area contributed by atoms with Crippen LogP contribution in [-0.2, 0) is 16.0 Å². The molecule has 0 bridgehead atoms. The quantitative estimate of drug-likeness (QED) is 0.324. The van der Waals surface area contributed by atoms with Crippen LogP contribution in [0.15, 0.2) is 18.2 Å². The molecule has 1 unspecified atom stereocenters. The Morgan fingerprint density at radius 1 is 1.13 bits per heavy atom. The fraction of sp³-hybridized carbons (Fsp3) is 0.500. The van der Waals surface area contributed by atoms with E-state index in [0.717, 1.165) is 12.8 Å². The van der Waals surface area contributed by atoms with Crippen molar-refractivity contribution in [3.05, 3.63) is 23.8 Å². The topological polar surface area (TPSA) is 139 Å². The Balaban J connectivity index is 2.28. The van der Waals surface area contributed by atoms with Gasteiger partial charge in [-0.05, 0) is 50.3 Å². The lowest BCUT2D eigenvalue weighted by Gasteiger charge is -2.13. The Bertz CT molecular complexity index is 548. The number of benzene rings is 1. The van der Waals surface area contributed by atoms with E-state index < -0.39 is 12.1 Å². The average Bonchev–Trinajstić information content (AvgIpc) is 2.49. The van der Waals surface area contributed by atoms with Crippen molar-refractivity contribution in [3.63, 3.8) is 0 Å². The Labute approximate surface area is 135 Å². The molecule has 0 radical (unpaired) electrons. The van der Waals surface area contributed by atoms with Gasteiger partial charge in [0.2, 0.25) is 5.91 Å². The average molecular weight is 323 g/mol. The SMILES string of the molecule is CC(=O)[C@@H](N)CCCCNC(=O)C(N)Cc1ccc(O)c(O)c1. The van der Waals surface area contributed by atoms with Crippen LogP contribution in [0.3, 0.4) is 0 Å². The number of hydrogen-bond acceptors (Lipinski definition) is 6. The van der Waals surface area contributed by atoms with E-state index in [4.69, 9.17) is 11.5 Å². The molecule has 128 valence electrons. The van der Waals surface area contributed by atoms with E-state index in [2.05, 4.69) is 5.32 Å². The Morgan fingerprint density at radius 2 is 1.83 bits per heavy atom. The summed E-state index contributed by atoms with van der Waals surface area (Å²) in [7, 11) is 0. The van der Waals surface area contributed by atoms with Gasteiger partial charge in [0.15, 0.2) is 11.5 Å². The minimum absolute atomic E-state index is 0.0341. The second-order valence-corrected chi connectivity index (χ2v) is 5.64. The number of phenols is 2. The van der Waals surface area contributed by atoms with Gasteiger partial charge in [-0.25, -0.2) is 0 Å². The summed E-state index contributed by atoms with van der Waals surface area (Å²) in [4.78, 5) is 22.9. The smallest absolute Gasteiger partial charge is 0.237 e. The van der Waals surface area contributed by atoms with Crippen LogP contribution >= 0.6 is 0 Å². The third kappa shape index (κ3) is 6.66. The molecule has 0 aromatic heterocycles. The highest BCUT2D eigenvalue weighted by atomic mass is 16.3. The number of carbonyl (C=O) groups is 2. The van der Waals surface area contributed by atoms with E-state index in [0.29, 0.717) is 18.5 Å².